The van der Waals surface area contributed by atoms with Crippen LogP contribution in [0.5, 0.6) is 5.75 Å². The molecular formula is C30H52O5. The van der Waals surface area contributed by atoms with Gasteiger partial charge in [-0.05, 0) is 37.0 Å². The summed E-state index contributed by atoms with van der Waals surface area (Å²) >= 11 is 0. The minimum Gasteiger partial charge on any atom is -0.491 e. The zero-order chi connectivity index (χ0) is 25.2. The fraction of sp³-hybridized carbons (Fsp3) is 0.767. The van der Waals surface area contributed by atoms with Crippen LogP contribution < -0.4 is 4.74 Å². The van der Waals surface area contributed by atoms with Gasteiger partial charge in [0.1, 0.15) is 19.0 Å². The molecule has 0 saturated heterocycles. The molecule has 0 aliphatic carbocycles. The van der Waals surface area contributed by atoms with Crippen LogP contribution in [0.2, 0.25) is 0 Å². The molecule has 0 heterocycles. The predicted octanol–water partition coefficient (Wildman–Crippen LogP) is 7.69. The Morgan fingerprint density at radius 3 is 1.74 bits per heavy atom. The molecule has 0 amide bonds. The molecule has 0 spiro atoms. The molecule has 0 aromatic heterocycles. The van der Waals surface area contributed by atoms with Crippen LogP contribution in [0.4, 0.5) is 0 Å². The number of rotatable bonds is 25. The maximum atomic E-state index is 11.7. The molecular weight excluding hydrogens is 440 g/mol. The molecule has 0 N–H and O–H groups in total. The summed E-state index contributed by atoms with van der Waals surface area (Å²) < 4.78 is 21.9. The highest BCUT2D eigenvalue weighted by molar-refractivity contribution is 5.69. The average Bonchev–Trinajstić information content (AvgIpc) is 2.87. The Hall–Kier alpha value is -1.59. The van der Waals surface area contributed by atoms with Gasteiger partial charge >= 0.3 is 5.97 Å². The van der Waals surface area contributed by atoms with E-state index < -0.39 is 0 Å². The number of ether oxygens (including phenoxy) is 4. The van der Waals surface area contributed by atoms with Gasteiger partial charge in [0.25, 0.3) is 0 Å². The summed E-state index contributed by atoms with van der Waals surface area (Å²) in [6.45, 7) is 7.23. The van der Waals surface area contributed by atoms with Crippen LogP contribution in [0.25, 0.3) is 0 Å². The Morgan fingerprint density at radius 1 is 0.600 bits per heavy atom. The van der Waals surface area contributed by atoms with E-state index in [4.69, 9.17) is 18.9 Å². The van der Waals surface area contributed by atoms with Gasteiger partial charge in [-0.2, -0.15) is 0 Å². The van der Waals surface area contributed by atoms with Crippen molar-refractivity contribution >= 4 is 5.97 Å². The van der Waals surface area contributed by atoms with E-state index >= 15 is 0 Å². The van der Waals surface area contributed by atoms with Crippen LogP contribution in [0.1, 0.15) is 109 Å². The lowest BCUT2D eigenvalue weighted by Gasteiger charge is -2.09. The number of hydrogen-bond donors (Lipinski definition) is 0. The number of hydrogen-bond acceptors (Lipinski definition) is 5. The smallest absolute Gasteiger partial charge is 0.305 e. The summed E-state index contributed by atoms with van der Waals surface area (Å²) in [6, 6.07) is 8.43. The van der Waals surface area contributed by atoms with Crippen molar-refractivity contribution in [2.24, 2.45) is 0 Å². The molecule has 1 aromatic rings. The summed E-state index contributed by atoms with van der Waals surface area (Å²) in [5, 5.41) is 0. The second-order valence-corrected chi connectivity index (χ2v) is 9.33. The van der Waals surface area contributed by atoms with Gasteiger partial charge in [0, 0.05) is 6.42 Å². The molecule has 5 heteroatoms. The van der Waals surface area contributed by atoms with Gasteiger partial charge in [0.15, 0.2) is 0 Å². The topological polar surface area (TPSA) is 54.0 Å². The van der Waals surface area contributed by atoms with Gasteiger partial charge in [-0.1, -0.05) is 96.6 Å². The molecule has 0 atom stereocenters. The van der Waals surface area contributed by atoms with E-state index in [0.29, 0.717) is 46.1 Å². The van der Waals surface area contributed by atoms with Crippen molar-refractivity contribution in [1.29, 1.82) is 0 Å². The van der Waals surface area contributed by atoms with Crippen LogP contribution >= 0.6 is 0 Å². The summed E-state index contributed by atoms with van der Waals surface area (Å²) in [4.78, 5) is 11.7. The van der Waals surface area contributed by atoms with Gasteiger partial charge in [0.05, 0.1) is 26.4 Å². The molecule has 0 saturated carbocycles. The van der Waals surface area contributed by atoms with Gasteiger partial charge in [-0.15, -0.1) is 0 Å². The Bertz CT molecular complexity index is 587. The Labute approximate surface area is 215 Å². The lowest BCUT2D eigenvalue weighted by atomic mass is 10.0. The van der Waals surface area contributed by atoms with Gasteiger partial charge in [0.2, 0.25) is 0 Å². The summed E-state index contributed by atoms with van der Waals surface area (Å²) in [7, 11) is 0. The molecule has 5 nitrogen and oxygen atoms in total. The standard InChI is InChI=1S/C30H52O5/c1-3-5-7-9-11-12-14-16-28-18-20-29(21-19-28)34-26-24-32-22-23-33-25-27-35-30(31)17-15-13-10-8-6-4-2/h18-21H,3-17,22-27H2,1-2H3. The first-order valence-electron chi connectivity index (χ1n) is 14.3. The third-order valence-electron chi connectivity index (χ3n) is 6.09. The highest BCUT2D eigenvalue weighted by Gasteiger charge is 2.02. The quantitative estimate of drug-likeness (QED) is 0.103. The zero-order valence-corrected chi connectivity index (χ0v) is 22.7. The van der Waals surface area contributed by atoms with Crippen molar-refractivity contribution in [3.8, 4) is 5.75 Å². The fourth-order valence-corrected chi connectivity index (χ4v) is 3.92. The van der Waals surface area contributed by atoms with E-state index in [-0.39, 0.29) is 5.97 Å². The first kappa shape index (κ1) is 31.4. The first-order valence-corrected chi connectivity index (χ1v) is 14.3. The molecule has 35 heavy (non-hydrogen) atoms. The predicted molar refractivity (Wildman–Crippen MR) is 144 cm³/mol. The van der Waals surface area contributed by atoms with Crippen molar-refractivity contribution in [1.82, 2.24) is 0 Å². The monoisotopic (exact) mass is 492 g/mol. The molecule has 0 aliphatic rings. The minimum absolute atomic E-state index is 0.122. The number of carbonyl (C=O) groups is 1. The van der Waals surface area contributed by atoms with Crippen LogP contribution in [-0.4, -0.2) is 45.6 Å². The van der Waals surface area contributed by atoms with Crippen LogP contribution in [-0.2, 0) is 25.4 Å². The highest BCUT2D eigenvalue weighted by atomic mass is 16.6. The van der Waals surface area contributed by atoms with Crippen LogP contribution in [0, 0.1) is 0 Å². The summed E-state index contributed by atoms with van der Waals surface area (Å²) in [5.74, 6) is 0.763. The largest absolute Gasteiger partial charge is 0.491 e. The van der Waals surface area contributed by atoms with Gasteiger partial charge in [-0.25, -0.2) is 0 Å². The molecule has 1 aromatic carbocycles. The molecule has 0 fully saturated rings. The highest BCUT2D eigenvalue weighted by Crippen LogP contribution is 2.15. The zero-order valence-electron chi connectivity index (χ0n) is 22.7. The average molecular weight is 493 g/mol. The van der Waals surface area contributed by atoms with E-state index in [1.54, 1.807) is 0 Å². The van der Waals surface area contributed by atoms with Gasteiger partial charge in [-0.3, -0.25) is 4.79 Å². The number of benzene rings is 1. The normalized spacial score (nSPS) is 11.0. The van der Waals surface area contributed by atoms with E-state index in [2.05, 4.69) is 26.0 Å². The molecule has 0 radical (unpaired) electrons. The lowest BCUT2D eigenvalue weighted by molar-refractivity contribution is -0.145. The van der Waals surface area contributed by atoms with Crippen molar-refractivity contribution in [2.75, 3.05) is 39.6 Å². The molecule has 0 unspecified atom stereocenters. The SMILES string of the molecule is CCCCCCCCCc1ccc(OCCOCCOCCOC(=O)CCCCCCCC)cc1. The van der Waals surface area contributed by atoms with E-state index in [0.717, 1.165) is 25.0 Å². The molecule has 0 aliphatic heterocycles. The Morgan fingerprint density at radius 2 is 1.11 bits per heavy atom. The Balaban J connectivity index is 1.88. The van der Waals surface area contributed by atoms with E-state index in [1.807, 2.05) is 12.1 Å². The number of carbonyl (C=O) groups excluding carboxylic acids is 1. The third kappa shape index (κ3) is 20.3. The fourth-order valence-electron chi connectivity index (χ4n) is 3.92. The van der Waals surface area contributed by atoms with Crippen molar-refractivity contribution in [3.63, 3.8) is 0 Å². The van der Waals surface area contributed by atoms with Gasteiger partial charge < -0.3 is 18.9 Å². The lowest BCUT2D eigenvalue weighted by Crippen LogP contribution is -2.14. The van der Waals surface area contributed by atoms with Crippen LogP contribution in [0.3, 0.4) is 0 Å². The molecule has 202 valence electrons. The first-order chi connectivity index (χ1) is 17.3. The molecule has 1 rings (SSSR count). The maximum Gasteiger partial charge on any atom is 0.305 e. The maximum absolute atomic E-state index is 11.7. The third-order valence-corrected chi connectivity index (χ3v) is 6.09. The number of unbranched alkanes of at least 4 members (excludes halogenated alkanes) is 11. The second-order valence-electron chi connectivity index (χ2n) is 9.33. The summed E-state index contributed by atoms with van der Waals surface area (Å²) in [6.07, 6.45) is 18.1. The van der Waals surface area contributed by atoms with Crippen molar-refractivity contribution in [2.45, 2.75) is 110 Å². The number of esters is 1. The number of aryl methyl sites for hydroxylation is 1. The minimum atomic E-state index is -0.122. The second kappa shape index (κ2) is 24.1. The van der Waals surface area contributed by atoms with Crippen LogP contribution in [0.15, 0.2) is 24.3 Å². The summed E-state index contributed by atoms with van der Waals surface area (Å²) in [5.41, 5.74) is 1.38. The van der Waals surface area contributed by atoms with Crippen molar-refractivity contribution < 1.29 is 23.7 Å². The van der Waals surface area contributed by atoms with E-state index in [9.17, 15) is 4.79 Å². The molecule has 0 bridgehead atoms. The van der Waals surface area contributed by atoms with Crippen molar-refractivity contribution in [3.05, 3.63) is 29.8 Å². The Kier molecular flexibility index (Phi) is 21.7. The van der Waals surface area contributed by atoms with E-state index in [1.165, 1.54) is 76.2 Å².